The quantitative estimate of drug-likeness (QED) is 0.684. The summed E-state index contributed by atoms with van der Waals surface area (Å²) in [6.45, 7) is 3.80. The molecule has 2 N–H and O–H groups in total. The molecule has 0 unspecified atom stereocenters. The van der Waals surface area contributed by atoms with Crippen LogP contribution in [-0.2, 0) is 17.8 Å². The Morgan fingerprint density at radius 2 is 1.89 bits per heavy atom. The van der Waals surface area contributed by atoms with Crippen molar-refractivity contribution in [2.24, 2.45) is 0 Å². The van der Waals surface area contributed by atoms with E-state index in [2.05, 4.69) is 10.6 Å². The van der Waals surface area contributed by atoms with E-state index in [1.165, 1.54) is 0 Å². The van der Waals surface area contributed by atoms with Gasteiger partial charge in [-0.1, -0.05) is 6.07 Å². The molecule has 0 bridgehead atoms. The molecule has 0 fully saturated rings. The average molecular weight is 407 g/mol. The predicted molar refractivity (Wildman–Crippen MR) is 109 cm³/mol. The second-order valence-corrected chi connectivity index (χ2v) is 6.42. The highest BCUT2D eigenvalue weighted by molar-refractivity contribution is 6.00. The summed E-state index contributed by atoms with van der Waals surface area (Å²) in [5.74, 6) is -0.183. The van der Waals surface area contributed by atoms with Gasteiger partial charge < -0.3 is 15.4 Å². The predicted octanol–water partition coefficient (Wildman–Crippen LogP) is 3.89. The molecule has 7 heteroatoms. The third kappa shape index (κ3) is 5.30. The minimum atomic E-state index is -0.375. The molecule has 0 aromatic heterocycles. The molecule has 2 aromatic rings. The number of halogens is 2. The van der Waals surface area contributed by atoms with Crippen molar-refractivity contribution < 1.29 is 18.7 Å². The number of hydrogen-bond donors (Lipinski definition) is 2. The number of ether oxygens (including phenoxy) is 1. The maximum absolute atomic E-state index is 14.6. The lowest BCUT2D eigenvalue weighted by Crippen LogP contribution is -2.25. The van der Waals surface area contributed by atoms with Crippen LogP contribution in [0, 0.1) is 5.82 Å². The van der Waals surface area contributed by atoms with Crippen molar-refractivity contribution in [1.82, 2.24) is 5.32 Å². The van der Waals surface area contributed by atoms with Gasteiger partial charge in [0.2, 0.25) is 5.91 Å². The van der Waals surface area contributed by atoms with E-state index in [1.54, 1.807) is 30.3 Å². The number of benzene rings is 2. The first-order chi connectivity index (χ1) is 13.1. The number of amides is 1. The summed E-state index contributed by atoms with van der Waals surface area (Å²) >= 11 is 0. The Morgan fingerprint density at radius 1 is 1.14 bits per heavy atom. The van der Waals surface area contributed by atoms with Crippen LogP contribution in [0.5, 0.6) is 5.75 Å². The van der Waals surface area contributed by atoms with E-state index in [0.29, 0.717) is 36.4 Å². The molecule has 2 aromatic carbocycles. The van der Waals surface area contributed by atoms with Crippen molar-refractivity contribution in [3.05, 3.63) is 58.9 Å². The fraction of sp³-hybridized carbons (Fsp3) is 0.333. The summed E-state index contributed by atoms with van der Waals surface area (Å²) in [6.07, 6.45) is 0.668. The number of Topliss-reactive ketones (excluding diaryl/α,β-unsaturated/α-hetero) is 1. The van der Waals surface area contributed by atoms with Gasteiger partial charge in [-0.25, -0.2) is 4.39 Å². The molecule has 3 rings (SSSR count). The van der Waals surface area contributed by atoms with Crippen LogP contribution in [0.4, 0.5) is 10.1 Å². The van der Waals surface area contributed by atoms with Gasteiger partial charge in [0.15, 0.2) is 5.78 Å². The van der Waals surface area contributed by atoms with Crippen molar-refractivity contribution in [3.63, 3.8) is 0 Å². The lowest BCUT2D eigenvalue weighted by Gasteiger charge is -2.19. The number of rotatable bonds is 7. The number of carbonyl (C=O) groups is 2. The second kappa shape index (κ2) is 10.2. The molecule has 0 atom stereocenters. The van der Waals surface area contributed by atoms with Crippen LogP contribution >= 0.6 is 12.4 Å². The minimum Gasteiger partial charge on any atom is -0.494 e. The molecule has 0 spiro atoms. The van der Waals surface area contributed by atoms with Gasteiger partial charge in [-0.15, -0.1) is 12.4 Å². The molecule has 5 nitrogen and oxygen atoms in total. The zero-order valence-electron chi connectivity index (χ0n) is 15.7. The van der Waals surface area contributed by atoms with Crippen molar-refractivity contribution >= 4 is 29.8 Å². The maximum Gasteiger partial charge on any atom is 0.224 e. The third-order valence-electron chi connectivity index (χ3n) is 4.55. The molecule has 0 saturated heterocycles. The van der Waals surface area contributed by atoms with Crippen LogP contribution in [0.25, 0.3) is 0 Å². The van der Waals surface area contributed by atoms with Crippen LogP contribution in [0.2, 0.25) is 0 Å². The van der Waals surface area contributed by atoms with Crippen molar-refractivity contribution in [2.45, 2.75) is 32.7 Å². The highest BCUT2D eigenvalue weighted by Gasteiger charge is 2.18. The fourth-order valence-electron chi connectivity index (χ4n) is 3.12. The molecule has 0 saturated carbocycles. The maximum atomic E-state index is 14.6. The Labute approximate surface area is 170 Å². The van der Waals surface area contributed by atoms with Gasteiger partial charge in [-0.2, -0.15) is 0 Å². The Kier molecular flexibility index (Phi) is 7.96. The van der Waals surface area contributed by atoms with Crippen LogP contribution < -0.4 is 15.4 Å². The molecule has 28 heavy (non-hydrogen) atoms. The molecule has 1 aliphatic heterocycles. The largest absolute Gasteiger partial charge is 0.494 e. The highest BCUT2D eigenvalue weighted by atomic mass is 35.5. The zero-order chi connectivity index (χ0) is 19.2. The summed E-state index contributed by atoms with van der Waals surface area (Å²) in [4.78, 5) is 24.4. The SMILES string of the molecule is CCOc1ccc(C(=O)CCC(=O)Nc2ccc3c(c2F)CCNC3)cc1.Cl. The normalized spacial score (nSPS) is 12.5. The van der Waals surface area contributed by atoms with E-state index in [0.717, 1.165) is 12.1 Å². The van der Waals surface area contributed by atoms with E-state index in [9.17, 15) is 14.0 Å². The molecule has 1 amide bonds. The van der Waals surface area contributed by atoms with Gasteiger partial charge in [-0.05, 0) is 61.3 Å². The number of fused-ring (bicyclic) bond motifs is 1. The van der Waals surface area contributed by atoms with Crippen LogP contribution in [0.15, 0.2) is 36.4 Å². The summed E-state index contributed by atoms with van der Waals surface area (Å²) in [5, 5.41) is 5.77. The third-order valence-corrected chi connectivity index (χ3v) is 4.55. The summed E-state index contributed by atoms with van der Waals surface area (Å²) < 4.78 is 19.9. The van der Waals surface area contributed by atoms with Crippen molar-refractivity contribution in [2.75, 3.05) is 18.5 Å². The number of ketones is 1. The Morgan fingerprint density at radius 3 is 2.61 bits per heavy atom. The van der Waals surface area contributed by atoms with Gasteiger partial charge in [-0.3, -0.25) is 9.59 Å². The lowest BCUT2D eigenvalue weighted by atomic mass is 9.99. The van der Waals surface area contributed by atoms with Gasteiger partial charge in [0.05, 0.1) is 12.3 Å². The topological polar surface area (TPSA) is 67.4 Å². The number of anilines is 1. The molecular formula is C21H24ClFN2O3. The number of nitrogens with one attached hydrogen (secondary N) is 2. The summed E-state index contributed by atoms with van der Waals surface area (Å²) in [7, 11) is 0. The molecule has 0 radical (unpaired) electrons. The minimum absolute atomic E-state index is 0. The van der Waals surface area contributed by atoms with Gasteiger partial charge in [0, 0.05) is 24.9 Å². The number of hydrogen-bond acceptors (Lipinski definition) is 4. The molecule has 0 aliphatic carbocycles. The Balaban J connectivity index is 0.00000280. The Bertz CT molecular complexity index is 840. The lowest BCUT2D eigenvalue weighted by molar-refractivity contribution is -0.116. The van der Waals surface area contributed by atoms with Crippen molar-refractivity contribution in [1.29, 1.82) is 0 Å². The molecule has 1 aliphatic rings. The van der Waals surface area contributed by atoms with E-state index >= 15 is 0 Å². The van der Waals surface area contributed by atoms with Crippen LogP contribution in [-0.4, -0.2) is 24.8 Å². The zero-order valence-corrected chi connectivity index (χ0v) is 16.5. The van der Waals surface area contributed by atoms with Crippen molar-refractivity contribution in [3.8, 4) is 5.75 Å². The Hall–Kier alpha value is -2.44. The smallest absolute Gasteiger partial charge is 0.224 e. The van der Waals surface area contributed by atoms with Crippen LogP contribution in [0.3, 0.4) is 0 Å². The van der Waals surface area contributed by atoms with Gasteiger partial charge in [0.25, 0.3) is 0 Å². The van der Waals surface area contributed by atoms with Gasteiger partial charge >= 0.3 is 0 Å². The molecule has 1 heterocycles. The van der Waals surface area contributed by atoms with E-state index in [1.807, 2.05) is 13.0 Å². The number of carbonyl (C=O) groups excluding carboxylic acids is 2. The highest BCUT2D eigenvalue weighted by Crippen LogP contribution is 2.24. The first kappa shape index (κ1) is 21.9. The average Bonchev–Trinajstić information content (AvgIpc) is 2.69. The van der Waals surface area contributed by atoms with E-state index in [-0.39, 0.29) is 48.4 Å². The van der Waals surface area contributed by atoms with E-state index in [4.69, 9.17) is 4.74 Å². The summed E-state index contributed by atoms with van der Waals surface area (Å²) in [6, 6.07) is 10.2. The fourth-order valence-corrected chi connectivity index (χ4v) is 3.12. The summed E-state index contributed by atoms with van der Waals surface area (Å²) in [5.41, 5.74) is 2.27. The first-order valence-corrected chi connectivity index (χ1v) is 9.15. The second-order valence-electron chi connectivity index (χ2n) is 6.42. The van der Waals surface area contributed by atoms with Gasteiger partial charge in [0.1, 0.15) is 11.6 Å². The first-order valence-electron chi connectivity index (χ1n) is 9.15. The van der Waals surface area contributed by atoms with E-state index < -0.39 is 0 Å². The molecule has 150 valence electrons. The molecular weight excluding hydrogens is 383 g/mol. The standard InChI is InChI=1S/C21H23FN2O3.ClH/c1-2-27-16-6-3-14(4-7-16)19(25)9-10-20(26)24-18-8-5-15-13-23-12-11-17(15)21(18)22;/h3-8,23H,2,9-13H2,1H3,(H,24,26);1H. The monoisotopic (exact) mass is 406 g/mol. The van der Waals surface area contributed by atoms with Crippen LogP contribution in [0.1, 0.15) is 41.3 Å².